The number of hydrogen-bond donors (Lipinski definition) is 1. The molecule has 1 saturated heterocycles. The Bertz CT molecular complexity index is 380. The number of likely N-dealkylation sites (tertiary alicyclic amines) is 1. The third-order valence-corrected chi connectivity index (χ3v) is 3.23. The minimum atomic E-state index is -0.457. The molecule has 0 saturated carbocycles. The van der Waals surface area contributed by atoms with E-state index in [2.05, 4.69) is 0 Å². The van der Waals surface area contributed by atoms with E-state index in [1.165, 1.54) is 0 Å². The number of carbonyl (C=O) groups is 1. The summed E-state index contributed by atoms with van der Waals surface area (Å²) in [4.78, 5) is 14.1. The lowest BCUT2D eigenvalue weighted by atomic mass is 9.82. The van der Waals surface area contributed by atoms with Gasteiger partial charge in [0.05, 0.1) is 5.41 Å². The van der Waals surface area contributed by atoms with Crippen LogP contribution in [0.5, 0.6) is 0 Å². The van der Waals surface area contributed by atoms with Crippen LogP contribution < -0.4 is 5.73 Å². The Morgan fingerprint density at radius 3 is 2.38 bits per heavy atom. The van der Waals surface area contributed by atoms with Gasteiger partial charge in [0.15, 0.2) is 0 Å². The summed E-state index contributed by atoms with van der Waals surface area (Å²) in [6.07, 6.45) is 0. The average molecular weight is 218 g/mol. The normalized spacial score (nSPS) is 17.1. The van der Waals surface area contributed by atoms with E-state index in [0.29, 0.717) is 13.1 Å². The summed E-state index contributed by atoms with van der Waals surface area (Å²) in [5, 5.41) is 0. The molecule has 0 bridgehead atoms. The highest BCUT2D eigenvalue weighted by Crippen LogP contribution is 2.27. The number of amides is 1. The molecule has 1 aromatic carbocycles. The van der Waals surface area contributed by atoms with Crippen LogP contribution in [0.25, 0.3) is 0 Å². The van der Waals surface area contributed by atoms with Gasteiger partial charge in [-0.25, -0.2) is 0 Å². The van der Waals surface area contributed by atoms with Crippen molar-refractivity contribution in [2.45, 2.75) is 25.3 Å². The Labute approximate surface area is 96.2 Å². The lowest BCUT2D eigenvalue weighted by Crippen LogP contribution is -2.61. The fraction of sp³-hybridized carbons (Fsp3) is 0.462. The zero-order valence-electron chi connectivity index (χ0n) is 9.81. The fourth-order valence-electron chi connectivity index (χ4n) is 2.05. The Morgan fingerprint density at radius 1 is 1.31 bits per heavy atom. The van der Waals surface area contributed by atoms with E-state index in [4.69, 9.17) is 5.73 Å². The van der Waals surface area contributed by atoms with Gasteiger partial charge >= 0.3 is 0 Å². The third kappa shape index (κ3) is 1.83. The van der Waals surface area contributed by atoms with Gasteiger partial charge in [-0.15, -0.1) is 0 Å². The first kappa shape index (κ1) is 11.1. The third-order valence-electron chi connectivity index (χ3n) is 3.23. The van der Waals surface area contributed by atoms with Gasteiger partial charge in [-0.2, -0.15) is 0 Å². The van der Waals surface area contributed by atoms with Gasteiger partial charge in [0.1, 0.15) is 0 Å². The predicted octanol–water partition coefficient (Wildman–Crippen LogP) is 1.13. The standard InChI is InChI=1S/C13H18N2O/c1-13(2,10-6-4-3-5-7-10)12(16)15-8-11(14)9-15/h3-7,11H,8-9,14H2,1-2H3. The van der Waals surface area contributed by atoms with Crippen molar-refractivity contribution in [3.63, 3.8) is 0 Å². The van der Waals surface area contributed by atoms with Gasteiger partial charge in [0.2, 0.25) is 5.91 Å². The molecule has 0 aliphatic carbocycles. The summed E-state index contributed by atoms with van der Waals surface area (Å²) in [6, 6.07) is 10.0. The molecule has 1 heterocycles. The quantitative estimate of drug-likeness (QED) is 0.809. The van der Waals surface area contributed by atoms with Crippen LogP contribution >= 0.6 is 0 Å². The summed E-state index contributed by atoms with van der Waals surface area (Å²) in [5.74, 6) is 0.167. The molecule has 0 atom stereocenters. The molecule has 86 valence electrons. The predicted molar refractivity (Wildman–Crippen MR) is 64.0 cm³/mol. The van der Waals surface area contributed by atoms with Gasteiger partial charge in [0.25, 0.3) is 0 Å². The zero-order valence-corrected chi connectivity index (χ0v) is 9.81. The van der Waals surface area contributed by atoms with Crippen molar-refractivity contribution in [2.24, 2.45) is 5.73 Å². The minimum absolute atomic E-state index is 0.163. The van der Waals surface area contributed by atoms with Gasteiger partial charge in [-0.1, -0.05) is 30.3 Å². The molecule has 1 fully saturated rings. The maximum absolute atomic E-state index is 12.3. The van der Waals surface area contributed by atoms with Crippen LogP contribution in [0.4, 0.5) is 0 Å². The second kappa shape index (κ2) is 3.91. The molecule has 0 radical (unpaired) electrons. The van der Waals surface area contributed by atoms with E-state index in [1.807, 2.05) is 49.1 Å². The van der Waals surface area contributed by atoms with E-state index in [9.17, 15) is 4.79 Å². The highest BCUT2D eigenvalue weighted by Gasteiger charge is 2.38. The Morgan fingerprint density at radius 2 is 1.88 bits per heavy atom. The molecular formula is C13H18N2O. The SMILES string of the molecule is CC(C)(C(=O)N1CC(N)C1)c1ccccc1. The smallest absolute Gasteiger partial charge is 0.232 e. The molecule has 1 aliphatic heterocycles. The number of carbonyl (C=O) groups excluding carboxylic acids is 1. The zero-order chi connectivity index (χ0) is 11.8. The van der Waals surface area contributed by atoms with Gasteiger partial charge < -0.3 is 10.6 Å². The maximum atomic E-state index is 12.3. The topological polar surface area (TPSA) is 46.3 Å². The first-order valence-electron chi connectivity index (χ1n) is 5.62. The number of hydrogen-bond acceptors (Lipinski definition) is 2. The first-order chi connectivity index (χ1) is 7.51. The lowest BCUT2D eigenvalue weighted by molar-refractivity contribution is -0.140. The Kier molecular flexibility index (Phi) is 2.72. The summed E-state index contributed by atoms with van der Waals surface area (Å²) >= 11 is 0. The van der Waals surface area contributed by atoms with E-state index < -0.39 is 5.41 Å². The molecule has 0 spiro atoms. The summed E-state index contributed by atoms with van der Waals surface area (Å²) in [5.41, 5.74) is 6.29. The highest BCUT2D eigenvalue weighted by molar-refractivity contribution is 5.88. The molecule has 0 unspecified atom stereocenters. The highest BCUT2D eigenvalue weighted by atomic mass is 16.2. The molecular weight excluding hydrogens is 200 g/mol. The Balaban J connectivity index is 2.16. The van der Waals surface area contributed by atoms with Crippen LogP contribution in [0, 0.1) is 0 Å². The molecule has 3 nitrogen and oxygen atoms in total. The first-order valence-corrected chi connectivity index (χ1v) is 5.62. The van der Waals surface area contributed by atoms with Gasteiger partial charge in [-0.3, -0.25) is 4.79 Å². The van der Waals surface area contributed by atoms with Gasteiger partial charge in [0, 0.05) is 19.1 Å². The van der Waals surface area contributed by atoms with Crippen molar-refractivity contribution in [3.05, 3.63) is 35.9 Å². The van der Waals surface area contributed by atoms with E-state index in [-0.39, 0.29) is 11.9 Å². The molecule has 3 heteroatoms. The fourth-order valence-corrected chi connectivity index (χ4v) is 2.05. The van der Waals surface area contributed by atoms with Crippen LogP contribution in [0.1, 0.15) is 19.4 Å². The van der Waals surface area contributed by atoms with E-state index in [1.54, 1.807) is 0 Å². The van der Waals surface area contributed by atoms with E-state index in [0.717, 1.165) is 5.56 Å². The number of rotatable bonds is 2. The molecule has 1 aliphatic rings. The van der Waals surface area contributed by atoms with Crippen LogP contribution in [0.3, 0.4) is 0 Å². The molecule has 0 aromatic heterocycles. The largest absolute Gasteiger partial charge is 0.339 e. The van der Waals surface area contributed by atoms with Crippen molar-refractivity contribution < 1.29 is 4.79 Å². The molecule has 1 amide bonds. The number of nitrogens with zero attached hydrogens (tertiary/aromatic N) is 1. The Hall–Kier alpha value is -1.35. The summed E-state index contributed by atoms with van der Waals surface area (Å²) < 4.78 is 0. The van der Waals surface area contributed by atoms with Crippen molar-refractivity contribution in [2.75, 3.05) is 13.1 Å². The summed E-state index contributed by atoms with van der Waals surface area (Å²) in [6.45, 7) is 5.31. The maximum Gasteiger partial charge on any atom is 0.232 e. The van der Waals surface area contributed by atoms with Crippen LogP contribution in [-0.2, 0) is 10.2 Å². The average Bonchev–Trinajstić information content (AvgIpc) is 2.25. The molecule has 2 N–H and O–H groups in total. The van der Waals surface area contributed by atoms with Crippen molar-refractivity contribution in [1.82, 2.24) is 4.90 Å². The van der Waals surface area contributed by atoms with Crippen LogP contribution in [-0.4, -0.2) is 29.9 Å². The minimum Gasteiger partial charge on any atom is -0.339 e. The lowest BCUT2D eigenvalue weighted by Gasteiger charge is -2.41. The van der Waals surface area contributed by atoms with E-state index >= 15 is 0 Å². The summed E-state index contributed by atoms with van der Waals surface area (Å²) in [7, 11) is 0. The number of benzene rings is 1. The van der Waals surface area contributed by atoms with Crippen LogP contribution in [0.15, 0.2) is 30.3 Å². The molecule has 16 heavy (non-hydrogen) atoms. The second-order valence-electron chi connectivity index (χ2n) is 4.96. The van der Waals surface area contributed by atoms with Crippen molar-refractivity contribution in [1.29, 1.82) is 0 Å². The molecule has 1 aromatic rings. The number of nitrogens with two attached hydrogens (primary N) is 1. The second-order valence-corrected chi connectivity index (χ2v) is 4.96. The van der Waals surface area contributed by atoms with Gasteiger partial charge in [-0.05, 0) is 19.4 Å². The van der Waals surface area contributed by atoms with Crippen LogP contribution in [0.2, 0.25) is 0 Å². The molecule has 2 rings (SSSR count). The van der Waals surface area contributed by atoms with Crippen molar-refractivity contribution >= 4 is 5.91 Å². The monoisotopic (exact) mass is 218 g/mol. The van der Waals surface area contributed by atoms with Crippen molar-refractivity contribution in [3.8, 4) is 0 Å².